The number of aryl methyl sites for hydroxylation is 2. The van der Waals surface area contributed by atoms with Crippen LogP contribution in [0.2, 0.25) is 0 Å². The smallest absolute Gasteiger partial charge is 0.206 e. The summed E-state index contributed by atoms with van der Waals surface area (Å²) >= 11 is 1.23. The monoisotopic (exact) mass is 218 g/mol. The SMILES string of the molecule is Cc1cc(C(=O)c2cccnc2C)sn1. The highest BCUT2D eigenvalue weighted by Crippen LogP contribution is 2.16. The molecule has 2 heterocycles. The third kappa shape index (κ3) is 1.94. The van der Waals surface area contributed by atoms with Gasteiger partial charge in [0.1, 0.15) is 0 Å². The Hall–Kier alpha value is -1.55. The van der Waals surface area contributed by atoms with Gasteiger partial charge in [0, 0.05) is 17.5 Å². The lowest BCUT2D eigenvalue weighted by Gasteiger charge is -2.00. The largest absolute Gasteiger partial charge is 0.288 e. The van der Waals surface area contributed by atoms with Gasteiger partial charge in [-0.3, -0.25) is 9.78 Å². The molecule has 76 valence electrons. The lowest BCUT2D eigenvalue weighted by Crippen LogP contribution is -2.02. The van der Waals surface area contributed by atoms with Gasteiger partial charge < -0.3 is 0 Å². The molecule has 0 bridgehead atoms. The van der Waals surface area contributed by atoms with Crippen molar-refractivity contribution in [1.29, 1.82) is 0 Å². The minimum atomic E-state index is 0.00574. The van der Waals surface area contributed by atoms with Gasteiger partial charge in [-0.1, -0.05) is 0 Å². The van der Waals surface area contributed by atoms with Crippen LogP contribution in [0, 0.1) is 13.8 Å². The summed E-state index contributed by atoms with van der Waals surface area (Å²) < 4.78 is 4.09. The molecular weight excluding hydrogens is 208 g/mol. The number of rotatable bonds is 2. The highest BCUT2D eigenvalue weighted by atomic mass is 32.1. The molecule has 0 saturated heterocycles. The maximum atomic E-state index is 12.0. The van der Waals surface area contributed by atoms with E-state index in [9.17, 15) is 4.79 Å². The summed E-state index contributed by atoms with van der Waals surface area (Å²) in [6, 6.07) is 5.37. The van der Waals surface area contributed by atoms with E-state index < -0.39 is 0 Å². The Morgan fingerprint density at radius 2 is 2.20 bits per heavy atom. The average Bonchev–Trinajstić information content (AvgIpc) is 2.65. The number of nitrogens with zero attached hydrogens (tertiary/aromatic N) is 2. The Balaban J connectivity index is 2.41. The van der Waals surface area contributed by atoms with Gasteiger partial charge in [-0.05, 0) is 43.6 Å². The van der Waals surface area contributed by atoms with E-state index in [2.05, 4.69) is 9.36 Å². The Morgan fingerprint density at radius 3 is 2.80 bits per heavy atom. The lowest BCUT2D eigenvalue weighted by atomic mass is 10.1. The van der Waals surface area contributed by atoms with Crippen LogP contribution in [0.25, 0.3) is 0 Å². The summed E-state index contributed by atoms with van der Waals surface area (Å²) in [6.07, 6.45) is 1.68. The summed E-state index contributed by atoms with van der Waals surface area (Å²) in [5.74, 6) is 0.00574. The molecule has 0 aromatic carbocycles. The van der Waals surface area contributed by atoms with E-state index in [0.717, 1.165) is 11.4 Å². The van der Waals surface area contributed by atoms with Crippen LogP contribution in [0.5, 0.6) is 0 Å². The van der Waals surface area contributed by atoms with E-state index in [0.29, 0.717) is 10.4 Å². The van der Waals surface area contributed by atoms with E-state index in [-0.39, 0.29) is 5.78 Å². The topological polar surface area (TPSA) is 42.9 Å². The molecule has 4 heteroatoms. The molecule has 0 amide bonds. The van der Waals surface area contributed by atoms with Crippen molar-refractivity contribution in [3.05, 3.63) is 46.2 Å². The average molecular weight is 218 g/mol. The zero-order valence-corrected chi connectivity index (χ0v) is 9.34. The van der Waals surface area contributed by atoms with Crippen molar-refractivity contribution < 1.29 is 4.79 Å². The number of pyridine rings is 1. The molecule has 0 N–H and O–H groups in total. The summed E-state index contributed by atoms with van der Waals surface area (Å²) in [5.41, 5.74) is 2.29. The highest BCUT2D eigenvalue weighted by molar-refractivity contribution is 7.08. The van der Waals surface area contributed by atoms with Crippen molar-refractivity contribution in [3.63, 3.8) is 0 Å². The number of hydrogen-bond donors (Lipinski definition) is 0. The molecule has 0 aliphatic rings. The van der Waals surface area contributed by atoms with Gasteiger partial charge in [0.25, 0.3) is 0 Å². The van der Waals surface area contributed by atoms with Gasteiger partial charge in [0.2, 0.25) is 5.78 Å². The van der Waals surface area contributed by atoms with Crippen LogP contribution in [-0.2, 0) is 0 Å². The number of hydrogen-bond acceptors (Lipinski definition) is 4. The van der Waals surface area contributed by atoms with Gasteiger partial charge in [-0.2, -0.15) is 4.37 Å². The molecule has 0 unspecified atom stereocenters. The third-order valence-electron chi connectivity index (χ3n) is 2.10. The molecule has 0 aliphatic heterocycles. The minimum absolute atomic E-state index is 0.00574. The second-order valence-electron chi connectivity index (χ2n) is 3.30. The first-order chi connectivity index (χ1) is 7.18. The molecule has 3 nitrogen and oxygen atoms in total. The fraction of sp³-hybridized carbons (Fsp3) is 0.182. The van der Waals surface area contributed by atoms with Gasteiger partial charge in [-0.15, -0.1) is 0 Å². The molecule has 0 fully saturated rings. The van der Waals surface area contributed by atoms with Crippen LogP contribution < -0.4 is 0 Å². The summed E-state index contributed by atoms with van der Waals surface area (Å²) in [6.45, 7) is 3.71. The number of carbonyl (C=O) groups excluding carboxylic acids is 1. The van der Waals surface area contributed by atoms with Crippen LogP contribution in [0.1, 0.15) is 26.6 Å². The van der Waals surface area contributed by atoms with Crippen LogP contribution in [-0.4, -0.2) is 15.1 Å². The van der Waals surface area contributed by atoms with Crippen LogP contribution >= 0.6 is 11.5 Å². The predicted molar refractivity (Wildman–Crippen MR) is 59.3 cm³/mol. The van der Waals surface area contributed by atoms with E-state index in [4.69, 9.17) is 0 Å². The Bertz CT molecular complexity index is 505. The zero-order valence-electron chi connectivity index (χ0n) is 8.52. The van der Waals surface area contributed by atoms with Gasteiger partial charge in [-0.25, -0.2) is 0 Å². The third-order valence-corrected chi connectivity index (χ3v) is 2.98. The molecule has 0 radical (unpaired) electrons. The van der Waals surface area contributed by atoms with E-state index in [1.165, 1.54) is 11.5 Å². The van der Waals surface area contributed by atoms with E-state index >= 15 is 0 Å². The molecule has 15 heavy (non-hydrogen) atoms. The van der Waals surface area contributed by atoms with Crippen molar-refractivity contribution in [3.8, 4) is 0 Å². The maximum absolute atomic E-state index is 12.0. The summed E-state index contributed by atoms with van der Waals surface area (Å²) in [4.78, 5) is 16.8. The van der Waals surface area contributed by atoms with Gasteiger partial charge in [0.05, 0.1) is 10.6 Å². The van der Waals surface area contributed by atoms with Crippen LogP contribution in [0.15, 0.2) is 24.4 Å². The first-order valence-corrected chi connectivity index (χ1v) is 5.35. The minimum Gasteiger partial charge on any atom is -0.288 e. The molecule has 0 atom stereocenters. The highest BCUT2D eigenvalue weighted by Gasteiger charge is 2.14. The first-order valence-electron chi connectivity index (χ1n) is 4.58. The number of ketones is 1. The summed E-state index contributed by atoms with van der Waals surface area (Å²) in [5, 5.41) is 0. The molecule has 2 aromatic rings. The van der Waals surface area contributed by atoms with Crippen molar-refractivity contribution in [2.24, 2.45) is 0 Å². The van der Waals surface area contributed by atoms with Gasteiger partial charge >= 0.3 is 0 Å². The quantitative estimate of drug-likeness (QED) is 0.727. The van der Waals surface area contributed by atoms with Crippen molar-refractivity contribution >= 4 is 17.3 Å². The van der Waals surface area contributed by atoms with Crippen molar-refractivity contribution in [2.75, 3.05) is 0 Å². The molecule has 2 rings (SSSR count). The van der Waals surface area contributed by atoms with Crippen molar-refractivity contribution in [1.82, 2.24) is 9.36 Å². The molecular formula is C11H10N2OS. The van der Waals surface area contributed by atoms with Crippen LogP contribution in [0.3, 0.4) is 0 Å². The Morgan fingerprint density at radius 1 is 1.40 bits per heavy atom. The molecule has 0 saturated carbocycles. The van der Waals surface area contributed by atoms with Crippen LogP contribution in [0.4, 0.5) is 0 Å². The molecule has 0 spiro atoms. The zero-order chi connectivity index (χ0) is 10.8. The number of aromatic nitrogens is 2. The fourth-order valence-corrected chi connectivity index (χ4v) is 2.04. The normalized spacial score (nSPS) is 10.3. The van der Waals surface area contributed by atoms with Gasteiger partial charge in [0.15, 0.2) is 0 Å². The number of carbonyl (C=O) groups is 1. The Kier molecular flexibility index (Phi) is 2.60. The second kappa shape index (κ2) is 3.90. The fourth-order valence-electron chi connectivity index (χ4n) is 1.33. The van der Waals surface area contributed by atoms with Crippen molar-refractivity contribution in [2.45, 2.75) is 13.8 Å². The van der Waals surface area contributed by atoms with E-state index in [1.54, 1.807) is 24.4 Å². The second-order valence-corrected chi connectivity index (χ2v) is 4.10. The predicted octanol–water partition coefficient (Wildman–Crippen LogP) is 2.39. The lowest BCUT2D eigenvalue weighted by molar-refractivity contribution is 0.104. The standard InChI is InChI=1S/C11H10N2OS/c1-7-6-10(15-13-7)11(14)9-4-3-5-12-8(9)2/h3-6H,1-2H3. The Labute approximate surface area is 92.0 Å². The first kappa shape index (κ1) is 9.98. The van der Waals surface area contributed by atoms with E-state index in [1.807, 2.05) is 13.8 Å². The molecule has 2 aromatic heterocycles. The molecule has 0 aliphatic carbocycles. The summed E-state index contributed by atoms with van der Waals surface area (Å²) in [7, 11) is 0. The maximum Gasteiger partial charge on any atom is 0.206 e.